The van der Waals surface area contributed by atoms with E-state index in [4.69, 9.17) is 9.47 Å². The van der Waals surface area contributed by atoms with Gasteiger partial charge in [-0.15, -0.1) is 0 Å². The van der Waals surface area contributed by atoms with Gasteiger partial charge >= 0.3 is 0 Å². The minimum atomic E-state index is -0.138. The van der Waals surface area contributed by atoms with E-state index in [0.29, 0.717) is 6.61 Å². The summed E-state index contributed by atoms with van der Waals surface area (Å²) in [6.45, 7) is 4.34. The van der Waals surface area contributed by atoms with Gasteiger partial charge in [-0.3, -0.25) is 4.79 Å². The van der Waals surface area contributed by atoms with Gasteiger partial charge in [0.05, 0.1) is 13.2 Å². The van der Waals surface area contributed by atoms with E-state index in [2.05, 4.69) is 5.32 Å². The molecule has 2 aromatic rings. The van der Waals surface area contributed by atoms with E-state index in [1.165, 1.54) is 11.6 Å². The van der Waals surface area contributed by atoms with Crippen LogP contribution < -0.4 is 14.8 Å². The summed E-state index contributed by atoms with van der Waals surface area (Å²) in [6.07, 6.45) is 3.33. The quantitative estimate of drug-likeness (QED) is 0.791. The molecule has 0 bridgehead atoms. The summed E-state index contributed by atoms with van der Waals surface area (Å²) in [4.78, 5) is 11.9. The van der Waals surface area contributed by atoms with Crippen molar-refractivity contribution in [2.75, 3.05) is 13.7 Å². The lowest BCUT2D eigenvalue weighted by molar-refractivity contribution is -0.117. The normalized spacial score (nSPS) is 12.0. The number of benzene rings is 2. The number of hydrogen-bond donors (Lipinski definition) is 1. The predicted molar refractivity (Wildman–Crippen MR) is 96.3 cm³/mol. The number of nitrogens with one attached hydrogen (secondary N) is 1. The maximum atomic E-state index is 11.9. The summed E-state index contributed by atoms with van der Waals surface area (Å²) in [6, 6.07) is 15.2. The molecule has 0 heterocycles. The second-order valence-electron chi connectivity index (χ2n) is 5.64. The van der Waals surface area contributed by atoms with Gasteiger partial charge in [-0.2, -0.15) is 0 Å². The van der Waals surface area contributed by atoms with Crippen molar-refractivity contribution < 1.29 is 14.3 Å². The Bertz CT molecular complexity index is 675. The summed E-state index contributed by atoms with van der Waals surface area (Å²) >= 11 is 0. The van der Waals surface area contributed by atoms with E-state index in [-0.39, 0.29) is 11.9 Å². The maximum absolute atomic E-state index is 11.9. The van der Waals surface area contributed by atoms with E-state index >= 15 is 0 Å². The van der Waals surface area contributed by atoms with Gasteiger partial charge in [0, 0.05) is 6.08 Å². The van der Waals surface area contributed by atoms with E-state index in [1.807, 2.05) is 62.4 Å². The summed E-state index contributed by atoms with van der Waals surface area (Å²) < 4.78 is 10.7. The summed E-state index contributed by atoms with van der Waals surface area (Å²) in [5.41, 5.74) is 2.19. The lowest BCUT2D eigenvalue weighted by Crippen LogP contribution is -2.35. The highest BCUT2D eigenvalue weighted by Gasteiger charge is 2.06. The zero-order chi connectivity index (χ0) is 17.4. The van der Waals surface area contributed by atoms with Crippen molar-refractivity contribution in [1.82, 2.24) is 5.32 Å². The molecule has 0 spiro atoms. The van der Waals surface area contributed by atoms with Crippen LogP contribution >= 0.6 is 0 Å². The molecule has 1 atom stereocenters. The number of ether oxygens (including phenoxy) is 2. The fraction of sp³-hybridized carbons (Fsp3) is 0.250. The summed E-state index contributed by atoms with van der Waals surface area (Å²) in [5, 5.41) is 2.88. The first-order valence-electron chi connectivity index (χ1n) is 7.89. The lowest BCUT2D eigenvalue weighted by atomic mass is 10.1. The van der Waals surface area contributed by atoms with E-state index in [9.17, 15) is 4.79 Å². The van der Waals surface area contributed by atoms with E-state index in [0.717, 1.165) is 17.1 Å². The molecule has 4 nitrogen and oxygen atoms in total. The Kier molecular flexibility index (Phi) is 6.43. The second-order valence-corrected chi connectivity index (χ2v) is 5.64. The van der Waals surface area contributed by atoms with Crippen LogP contribution in [0.1, 0.15) is 18.1 Å². The third kappa shape index (κ3) is 5.80. The molecule has 126 valence electrons. The molecule has 24 heavy (non-hydrogen) atoms. The molecule has 0 fully saturated rings. The first-order valence-corrected chi connectivity index (χ1v) is 7.89. The van der Waals surface area contributed by atoms with Crippen molar-refractivity contribution in [2.24, 2.45) is 0 Å². The number of carbonyl (C=O) groups excluding carboxylic acids is 1. The topological polar surface area (TPSA) is 47.6 Å². The van der Waals surface area contributed by atoms with Gasteiger partial charge in [-0.25, -0.2) is 0 Å². The van der Waals surface area contributed by atoms with Crippen LogP contribution in [0.5, 0.6) is 11.5 Å². The number of amides is 1. The number of rotatable bonds is 7. The molecule has 1 unspecified atom stereocenters. The SMILES string of the molecule is COc1ccc(OCC(C)NC(=O)/C=C/c2ccc(C)cc2)cc1. The zero-order valence-electron chi connectivity index (χ0n) is 14.3. The van der Waals surface area contributed by atoms with Crippen LogP contribution in [0.3, 0.4) is 0 Å². The molecular formula is C20H23NO3. The lowest BCUT2D eigenvalue weighted by Gasteiger charge is -2.14. The average molecular weight is 325 g/mol. The Morgan fingerprint density at radius 3 is 2.33 bits per heavy atom. The highest BCUT2D eigenvalue weighted by atomic mass is 16.5. The van der Waals surface area contributed by atoms with Crippen LogP contribution in [0.15, 0.2) is 54.6 Å². The third-order valence-electron chi connectivity index (χ3n) is 3.45. The Balaban J connectivity index is 1.77. The number of carbonyl (C=O) groups is 1. The Morgan fingerprint density at radius 2 is 1.71 bits per heavy atom. The molecule has 2 aromatic carbocycles. The fourth-order valence-corrected chi connectivity index (χ4v) is 2.08. The molecule has 0 aliphatic heterocycles. The van der Waals surface area contributed by atoms with Crippen LogP contribution in [0, 0.1) is 6.92 Å². The van der Waals surface area contributed by atoms with Crippen molar-refractivity contribution in [3.63, 3.8) is 0 Å². The Labute approximate surface area is 143 Å². The Hall–Kier alpha value is -2.75. The molecule has 0 radical (unpaired) electrons. The number of hydrogen-bond acceptors (Lipinski definition) is 3. The second kappa shape index (κ2) is 8.77. The summed E-state index contributed by atoms with van der Waals surface area (Å²) in [7, 11) is 1.62. The minimum Gasteiger partial charge on any atom is -0.497 e. The van der Waals surface area contributed by atoms with Gasteiger partial charge < -0.3 is 14.8 Å². The van der Waals surface area contributed by atoms with Gasteiger partial charge in [-0.1, -0.05) is 29.8 Å². The van der Waals surface area contributed by atoms with Crippen molar-refractivity contribution in [3.8, 4) is 11.5 Å². The molecule has 1 N–H and O–H groups in total. The van der Waals surface area contributed by atoms with E-state index < -0.39 is 0 Å². The standard InChI is InChI=1S/C20H23NO3/c1-15-4-6-17(7-5-15)8-13-20(22)21-16(2)14-24-19-11-9-18(23-3)10-12-19/h4-13,16H,14H2,1-3H3,(H,21,22)/b13-8+. The van der Waals surface area contributed by atoms with Crippen molar-refractivity contribution in [3.05, 3.63) is 65.7 Å². The van der Waals surface area contributed by atoms with E-state index in [1.54, 1.807) is 13.2 Å². The van der Waals surface area contributed by atoms with Crippen LogP contribution in [-0.4, -0.2) is 25.7 Å². The van der Waals surface area contributed by atoms with Crippen LogP contribution in [-0.2, 0) is 4.79 Å². The molecule has 0 aromatic heterocycles. The first kappa shape index (κ1) is 17.6. The van der Waals surface area contributed by atoms with Gasteiger partial charge in [0.2, 0.25) is 5.91 Å². The molecule has 4 heteroatoms. The van der Waals surface area contributed by atoms with Gasteiger partial charge in [-0.05, 0) is 49.8 Å². The predicted octanol–water partition coefficient (Wildman–Crippen LogP) is 3.60. The van der Waals surface area contributed by atoms with Crippen molar-refractivity contribution in [2.45, 2.75) is 19.9 Å². The Morgan fingerprint density at radius 1 is 1.08 bits per heavy atom. The molecule has 0 saturated heterocycles. The highest BCUT2D eigenvalue weighted by Crippen LogP contribution is 2.17. The van der Waals surface area contributed by atoms with Crippen LogP contribution in [0.2, 0.25) is 0 Å². The largest absolute Gasteiger partial charge is 0.497 e. The first-order chi connectivity index (χ1) is 11.6. The third-order valence-corrected chi connectivity index (χ3v) is 3.45. The molecule has 0 saturated carbocycles. The summed E-state index contributed by atoms with van der Waals surface area (Å²) in [5.74, 6) is 1.39. The maximum Gasteiger partial charge on any atom is 0.244 e. The molecule has 0 aliphatic carbocycles. The van der Waals surface area contributed by atoms with Crippen molar-refractivity contribution >= 4 is 12.0 Å². The molecule has 1 amide bonds. The van der Waals surface area contributed by atoms with Crippen molar-refractivity contribution in [1.29, 1.82) is 0 Å². The van der Waals surface area contributed by atoms with Gasteiger partial charge in [0.25, 0.3) is 0 Å². The molecule has 2 rings (SSSR count). The van der Waals surface area contributed by atoms with Gasteiger partial charge in [0.15, 0.2) is 0 Å². The molecular weight excluding hydrogens is 302 g/mol. The van der Waals surface area contributed by atoms with Crippen LogP contribution in [0.4, 0.5) is 0 Å². The number of methoxy groups -OCH3 is 1. The monoisotopic (exact) mass is 325 g/mol. The highest BCUT2D eigenvalue weighted by molar-refractivity contribution is 5.91. The van der Waals surface area contributed by atoms with Gasteiger partial charge in [0.1, 0.15) is 18.1 Å². The molecule has 0 aliphatic rings. The smallest absolute Gasteiger partial charge is 0.244 e. The average Bonchev–Trinajstić information content (AvgIpc) is 2.60. The number of aryl methyl sites for hydroxylation is 1. The zero-order valence-corrected chi connectivity index (χ0v) is 14.3. The van der Waals surface area contributed by atoms with Crippen LogP contribution in [0.25, 0.3) is 6.08 Å². The minimum absolute atomic E-state index is 0.0951. The fourth-order valence-electron chi connectivity index (χ4n) is 2.08.